The molecule has 0 radical (unpaired) electrons. The molecule has 0 saturated heterocycles. The first kappa shape index (κ1) is 17.8. The van der Waals surface area contributed by atoms with E-state index in [4.69, 9.17) is 4.74 Å². The Balaban J connectivity index is 2.78. The van der Waals surface area contributed by atoms with Gasteiger partial charge in [0.05, 0.1) is 7.11 Å². The van der Waals surface area contributed by atoms with Crippen molar-refractivity contribution < 1.29 is 14.3 Å². The molecule has 0 aromatic heterocycles. The van der Waals surface area contributed by atoms with Crippen molar-refractivity contribution in [2.24, 2.45) is 11.1 Å². The zero-order chi connectivity index (χ0) is 16.5. The van der Waals surface area contributed by atoms with Crippen molar-refractivity contribution in [3.63, 3.8) is 0 Å². The molecule has 0 heterocycles. The summed E-state index contributed by atoms with van der Waals surface area (Å²) in [4.78, 5) is 34.8. The Hall–Kier alpha value is -2.24. The highest BCUT2D eigenvalue weighted by Gasteiger charge is 2.27. The number of benzene rings is 1. The summed E-state index contributed by atoms with van der Waals surface area (Å²) in [5.74, 6) is -0.944. The Morgan fingerprint density at radius 3 is 2.36 bits per heavy atom. The third-order valence-corrected chi connectivity index (χ3v) is 3.21. The van der Waals surface area contributed by atoms with Crippen LogP contribution in [0.4, 0.5) is 0 Å². The molecule has 6 nitrogen and oxygen atoms in total. The van der Waals surface area contributed by atoms with Crippen LogP contribution < -0.4 is 5.32 Å². The molecule has 0 aliphatic rings. The summed E-state index contributed by atoms with van der Waals surface area (Å²) in [5, 5.41) is 5.42. The van der Waals surface area contributed by atoms with Crippen LogP contribution >= 0.6 is 0 Å². The average Bonchev–Trinajstić information content (AvgIpc) is 2.51. The van der Waals surface area contributed by atoms with Crippen molar-refractivity contribution >= 4 is 11.9 Å². The molecule has 0 saturated carbocycles. The van der Waals surface area contributed by atoms with Gasteiger partial charge < -0.3 is 10.1 Å². The lowest BCUT2D eigenvalue weighted by Gasteiger charge is -2.19. The van der Waals surface area contributed by atoms with E-state index in [-0.39, 0.29) is 5.92 Å². The molecule has 22 heavy (non-hydrogen) atoms. The number of nitrogens with zero attached hydrogens (tertiary/aromatic N) is 1. The largest absolute Gasteiger partial charge is 0.467 e. The van der Waals surface area contributed by atoms with Crippen molar-refractivity contribution in [1.82, 2.24) is 5.32 Å². The lowest BCUT2D eigenvalue weighted by molar-refractivity contribution is -0.145. The molecule has 1 N–H and O–H groups in total. The lowest BCUT2D eigenvalue weighted by Crippen LogP contribution is -2.46. The first-order valence-corrected chi connectivity index (χ1v) is 7.22. The summed E-state index contributed by atoms with van der Waals surface area (Å²) in [6.07, 6.45) is 0.640. The predicted octanol–water partition coefficient (Wildman–Crippen LogP) is 2.07. The Bertz CT molecular complexity index is 502. The molecule has 0 spiro atoms. The number of nitroso groups, excluding NO2 is 1. The van der Waals surface area contributed by atoms with Crippen LogP contribution in [0.1, 0.15) is 25.8 Å². The highest BCUT2D eigenvalue weighted by Crippen LogP contribution is 2.10. The first-order chi connectivity index (χ1) is 10.5. The van der Waals surface area contributed by atoms with Gasteiger partial charge in [-0.3, -0.25) is 4.79 Å². The van der Waals surface area contributed by atoms with E-state index in [9.17, 15) is 14.5 Å². The fourth-order valence-electron chi connectivity index (χ4n) is 2.10. The highest BCUT2D eigenvalue weighted by molar-refractivity contribution is 5.87. The number of ether oxygens (including phenoxy) is 1. The molecule has 1 aromatic rings. The SMILES string of the molecule is COC(=O)[C@H](Cc1ccccc1)NC(=O)C(CC(C)C)N=O. The maximum absolute atomic E-state index is 12.1. The minimum Gasteiger partial charge on any atom is -0.467 e. The molecule has 1 amide bonds. The standard InChI is InChI=1S/C16H22N2O4/c1-11(2)9-13(18-21)15(19)17-14(16(20)22-3)10-12-7-5-4-6-8-12/h4-8,11,13-14H,9-10H2,1-3H3,(H,17,19)/t13?,14-/m0/s1. The van der Waals surface area contributed by atoms with E-state index in [1.54, 1.807) is 0 Å². The van der Waals surface area contributed by atoms with Gasteiger partial charge >= 0.3 is 5.97 Å². The van der Waals surface area contributed by atoms with Crippen LogP contribution in [0.15, 0.2) is 35.5 Å². The monoisotopic (exact) mass is 306 g/mol. The second-order valence-electron chi connectivity index (χ2n) is 5.52. The van der Waals surface area contributed by atoms with Crippen LogP contribution in [-0.2, 0) is 20.7 Å². The fourth-order valence-corrected chi connectivity index (χ4v) is 2.10. The molecule has 6 heteroatoms. The quantitative estimate of drug-likeness (QED) is 0.588. The summed E-state index contributed by atoms with van der Waals surface area (Å²) < 4.78 is 4.72. The topological polar surface area (TPSA) is 84.8 Å². The summed E-state index contributed by atoms with van der Waals surface area (Å²) in [5.41, 5.74) is 0.887. The minimum atomic E-state index is -0.997. The molecular formula is C16H22N2O4. The van der Waals surface area contributed by atoms with Crippen LogP contribution in [0.3, 0.4) is 0 Å². The van der Waals surface area contributed by atoms with Crippen LogP contribution in [0.25, 0.3) is 0 Å². The van der Waals surface area contributed by atoms with E-state index in [1.807, 2.05) is 44.2 Å². The summed E-state index contributed by atoms with van der Waals surface area (Å²) in [6.45, 7) is 3.79. The number of esters is 1. The molecule has 120 valence electrons. The summed E-state index contributed by atoms with van der Waals surface area (Å²) in [7, 11) is 1.26. The number of nitrogens with one attached hydrogen (secondary N) is 1. The number of rotatable bonds is 8. The maximum Gasteiger partial charge on any atom is 0.328 e. The van der Waals surface area contributed by atoms with Crippen molar-refractivity contribution in [3.05, 3.63) is 40.8 Å². The normalized spacial score (nSPS) is 13.3. The van der Waals surface area contributed by atoms with E-state index in [1.165, 1.54) is 7.11 Å². The number of amides is 1. The molecule has 1 rings (SSSR count). The van der Waals surface area contributed by atoms with E-state index >= 15 is 0 Å². The van der Waals surface area contributed by atoms with Gasteiger partial charge in [0.1, 0.15) is 6.04 Å². The van der Waals surface area contributed by atoms with Gasteiger partial charge in [0.2, 0.25) is 5.91 Å². The van der Waals surface area contributed by atoms with Crippen molar-refractivity contribution in [2.75, 3.05) is 7.11 Å². The van der Waals surface area contributed by atoms with Gasteiger partial charge in [-0.05, 0) is 17.9 Å². The van der Waals surface area contributed by atoms with Crippen LogP contribution in [-0.4, -0.2) is 31.1 Å². The van der Waals surface area contributed by atoms with Gasteiger partial charge in [-0.25, -0.2) is 4.79 Å². The Morgan fingerprint density at radius 2 is 1.86 bits per heavy atom. The number of hydrogen-bond donors (Lipinski definition) is 1. The van der Waals surface area contributed by atoms with Crippen LogP contribution in [0, 0.1) is 10.8 Å². The second-order valence-corrected chi connectivity index (χ2v) is 5.52. The molecule has 0 aliphatic carbocycles. The summed E-state index contributed by atoms with van der Waals surface area (Å²) in [6, 6.07) is 7.43. The fraction of sp³-hybridized carbons (Fsp3) is 0.500. The molecule has 1 aromatic carbocycles. The minimum absolute atomic E-state index is 0.152. The second kappa shape index (κ2) is 8.92. The number of methoxy groups -OCH3 is 1. The molecule has 1 unspecified atom stereocenters. The molecule has 0 aliphatic heterocycles. The highest BCUT2D eigenvalue weighted by atomic mass is 16.5. The zero-order valence-electron chi connectivity index (χ0n) is 13.1. The van der Waals surface area contributed by atoms with Gasteiger partial charge in [0.25, 0.3) is 0 Å². The Kier molecular flexibility index (Phi) is 7.22. The predicted molar refractivity (Wildman–Crippen MR) is 83.1 cm³/mol. The third-order valence-electron chi connectivity index (χ3n) is 3.21. The van der Waals surface area contributed by atoms with Crippen LogP contribution in [0.2, 0.25) is 0 Å². The van der Waals surface area contributed by atoms with Gasteiger partial charge in [0, 0.05) is 6.42 Å². The molecule has 0 fully saturated rings. The van der Waals surface area contributed by atoms with Gasteiger partial charge in [0.15, 0.2) is 6.04 Å². The number of carbonyl (C=O) groups excluding carboxylic acids is 2. The molecule has 0 bridgehead atoms. The van der Waals surface area contributed by atoms with E-state index in [0.29, 0.717) is 12.8 Å². The van der Waals surface area contributed by atoms with E-state index < -0.39 is 24.0 Å². The Morgan fingerprint density at radius 1 is 1.23 bits per heavy atom. The van der Waals surface area contributed by atoms with E-state index in [2.05, 4.69) is 10.5 Å². The maximum atomic E-state index is 12.1. The summed E-state index contributed by atoms with van der Waals surface area (Å²) >= 11 is 0. The average molecular weight is 306 g/mol. The number of carbonyl (C=O) groups is 2. The first-order valence-electron chi connectivity index (χ1n) is 7.22. The smallest absolute Gasteiger partial charge is 0.328 e. The van der Waals surface area contributed by atoms with Crippen molar-refractivity contribution in [3.8, 4) is 0 Å². The molecule has 2 atom stereocenters. The number of hydrogen-bond acceptors (Lipinski definition) is 5. The van der Waals surface area contributed by atoms with Crippen molar-refractivity contribution in [1.29, 1.82) is 0 Å². The van der Waals surface area contributed by atoms with Gasteiger partial charge in [-0.15, -0.1) is 4.91 Å². The van der Waals surface area contributed by atoms with Gasteiger partial charge in [-0.1, -0.05) is 49.4 Å². The molecular weight excluding hydrogens is 284 g/mol. The Labute approximate surface area is 130 Å². The van der Waals surface area contributed by atoms with Crippen LogP contribution in [0.5, 0.6) is 0 Å². The lowest BCUT2D eigenvalue weighted by atomic mass is 10.0. The van der Waals surface area contributed by atoms with E-state index in [0.717, 1.165) is 5.56 Å². The van der Waals surface area contributed by atoms with Crippen molar-refractivity contribution in [2.45, 2.75) is 38.8 Å². The van der Waals surface area contributed by atoms with Gasteiger partial charge in [-0.2, -0.15) is 0 Å². The zero-order valence-corrected chi connectivity index (χ0v) is 13.1. The third kappa shape index (κ3) is 5.63.